The van der Waals surface area contributed by atoms with Crippen molar-refractivity contribution in [2.45, 2.75) is 44.8 Å². The van der Waals surface area contributed by atoms with Crippen molar-refractivity contribution in [3.8, 4) is 0 Å². The van der Waals surface area contributed by atoms with Crippen LogP contribution in [0, 0.1) is 6.92 Å². The molecule has 0 radical (unpaired) electrons. The Balaban J connectivity index is 1.82. The van der Waals surface area contributed by atoms with Crippen LogP contribution >= 0.6 is 0 Å². The van der Waals surface area contributed by atoms with E-state index in [-0.39, 0.29) is 6.04 Å². The fourth-order valence-corrected chi connectivity index (χ4v) is 1.96. The van der Waals surface area contributed by atoms with Gasteiger partial charge in [0, 0.05) is 19.0 Å². The third-order valence-electron chi connectivity index (χ3n) is 2.96. The summed E-state index contributed by atoms with van der Waals surface area (Å²) in [5.74, 6) is 0.739. The Bertz CT molecular complexity index is 320. The van der Waals surface area contributed by atoms with Crippen LogP contribution in [0.15, 0.2) is 12.4 Å². The first-order valence-corrected chi connectivity index (χ1v) is 5.91. The number of rotatable bonds is 4. The van der Waals surface area contributed by atoms with Gasteiger partial charge in [-0.05, 0) is 38.2 Å². The van der Waals surface area contributed by atoms with E-state index in [0.717, 1.165) is 30.8 Å². The lowest BCUT2D eigenvalue weighted by molar-refractivity contribution is 0.100. The molecule has 0 saturated carbocycles. The minimum Gasteiger partial charge on any atom is -0.378 e. The molecule has 2 N–H and O–H groups in total. The average Bonchev–Trinajstić information content (AvgIpc) is 2.80. The number of aromatic nitrogens is 2. The Hall–Kier alpha value is -1.00. The number of nitrogens with zero attached hydrogens (tertiary/aromatic N) is 2. The van der Waals surface area contributed by atoms with Gasteiger partial charge in [0.25, 0.3) is 0 Å². The van der Waals surface area contributed by atoms with Crippen LogP contribution in [0.4, 0.5) is 0 Å². The van der Waals surface area contributed by atoms with E-state index in [4.69, 9.17) is 10.5 Å². The lowest BCUT2D eigenvalue weighted by Crippen LogP contribution is -2.16. The van der Waals surface area contributed by atoms with Gasteiger partial charge in [-0.15, -0.1) is 0 Å². The van der Waals surface area contributed by atoms with E-state index >= 15 is 0 Å². The van der Waals surface area contributed by atoms with E-state index < -0.39 is 0 Å². The molecule has 1 saturated heterocycles. The zero-order chi connectivity index (χ0) is 11.4. The summed E-state index contributed by atoms with van der Waals surface area (Å²) >= 11 is 0. The average molecular weight is 221 g/mol. The Morgan fingerprint density at radius 2 is 2.25 bits per heavy atom. The molecule has 1 aliphatic rings. The number of aryl methyl sites for hydroxylation is 1. The summed E-state index contributed by atoms with van der Waals surface area (Å²) in [7, 11) is 0. The Morgan fingerprint density at radius 3 is 2.88 bits per heavy atom. The van der Waals surface area contributed by atoms with Crippen molar-refractivity contribution in [1.29, 1.82) is 0 Å². The van der Waals surface area contributed by atoms with Crippen LogP contribution < -0.4 is 5.73 Å². The standard InChI is InChI=1S/C12H19N3O/c1-9-7-14-12(15-8-9)11(13)5-4-10-3-2-6-16-10/h7-8,10-11H,2-6,13H2,1H3. The second-order valence-electron chi connectivity index (χ2n) is 4.44. The minimum absolute atomic E-state index is 0.0650. The van der Waals surface area contributed by atoms with Gasteiger partial charge in [-0.2, -0.15) is 0 Å². The first-order valence-electron chi connectivity index (χ1n) is 5.91. The maximum atomic E-state index is 6.04. The van der Waals surface area contributed by atoms with Crippen LogP contribution in [0.2, 0.25) is 0 Å². The van der Waals surface area contributed by atoms with Crippen LogP contribution in [0.1, 0.15) is 43.1 Å². The smallest absolute Gasteiger partial charge is 0.144 e. The fraction of sp³-hybridized carbons (Fsp3) is 0.667. The maximum Gasteiger partial charge on any atom is 0.144 e. The first-order chi connectivity index (χ1) is 7.75. The van der Waals surface area contributed by atoms with Crippen LogP contribution in [0.25, 0.3) is 0 Å². The molecule has 1 fully saturated rings. The molecular weight excluding hydrogens is 202 g/mol. The molecule has 1 aromatic rings. The zero-order valence-electron chi connectivity index (χ0n) is 9.72. The number of hydrogen-bond acceptors (Lipinski definition) is 4. The van der Waals surface area contributed by atoms with E-state index in [9.17, 15) is 0 Å². The monoisotopic (exact) mass is 221 g/mol. The summed E-state index contributed by atoms with van der Waals surface area (Å²) < 4.78 is 5.56. The van der Waals surface area contributed by atoms with Gasteiger partial charge in [0.05, 0.1) is 12.1 Å². The lowest BCUT2D eigenvalue weighted by Gasteiger charge is -2.13. The highest BCUT2D eigenvalue weighted by Gasteiger charge is 2.17. The van der Waals surface area contributed by atoms with Gasteiger partial charge in [-0.1, -0.05) is 0 Å². The molecular formula is C12H19N3O. The minimum atomic E-state index is -0.0650. The second-order valence-corrected chi connectivity index (χ2v) is 4.44. The van der Waals surface area contributed by atoms with Gasteiger partial charge in [0.15, 0.2) is 0 Å². The normalized spacial score (nSPS) is 22.2. The van der Waals surface area contributed by atoms with Crippen molar-refractivity contribution < 1.29 is 4.74 Å². The van der Waals surface area contributed by atoms with Gasteiger partial charge in [-0.25, -0.2) is 9.97 Å². The Labute approximate surface area is 96.2 Å². The van der Waals surface area contributed by atoms with Gasteiger partial charge >= 0.3 is 0 Å². The van der Waals surface area contributed by atoms with Crippen molar-refractivity contribution in [2.24, 2.45) is 5.73 Å². The predicted octanol–water partition coefficient (Wildman–Crippen LogP) is 1.74. The molecule has 0 aromatic carbocycles. The Kier molecular flexibility index (Phi) is 3.85. The molecule has 0 bridgehead atoms. The number of nitrogens with two attached hydrogens (primary N) is 1. The van der Waals surface area contributed by atoms with Gasteiger partial charge in [0.2, 0.25) is 0 Å². The molecule has 88 valence electrons. The van der Waals surface area contributed by atoms with E-state index in [0.29, 0.717) is 6.10 Å². The highest BCUT2D eigenvalue weighted by Crippen LogP contribution is 2.20. The summed E-state index contributed by atoms with van der Waals surface area (Å²) in [4.78, 5) is 8.49. The molecule has 0 aliphatic carbocycles. The van der Waals surface area contributed by atoms with Crippen molar-refractivity contribution in [2.75, 3.05) is 6.61 Å². The van der Waals surface area contributed by atoms with Crippen molar-refractivity contribution in [3.05, 3.63) is 23.8 Å². The maximum absolute atomic E-state index is 6.04. The quantitative estimate of drug-likeness (QED) is 0.841. The molecule has 0 spiro atoms. The van der Waals surface area contributed by atoms with Crippen LogP contribution in [0.5, 0.6) is 0 Å². The summed E-state index contributed by atoms with van der Waals surface area (Å²) in [6, 6.07) is -0.0650. The molecule has 2 heterocycles. The largest absolute Gasteiger partial charge is 0.378 e. The van der Waals surface area contributed by atoms with Gasteiger partial charge in [-0.3, -0.25) is 0 Å². The van der Waals surface area contributed by atoms with Crippen LogP contribution in [0.3, 0.4) is 0 Å². The SMILES string of the molecule is Cc1cnc(C(N)CCC2CCCO2)nc1. The topological polar surface area (TPSA) is 61.0 Å². The first kappa shape index (κ1) is 11.5. The van der Waals surface area contributed by atoms with Gasteiger partial charge < -0.3 is 10.5 Å². The fourth-order valence-electron chi connectivity index (χ4n) is 1.96. The van der Waals surface area contributed by atoms with Crippen LogP contribution in [-0.2, 0) is 4.74 Å². The van der Waals surface area contributed by atoms with Crippen molar-refractivity contribution in [1.82, 2.24) is 9.97 Å². The highest BCUT2D eigenvalue weighted by atomic mass is 16.5. The molecule has 1 aromatic heterocycles. The van der Waals surface area contributed by atoms with Crippen molar-refractivity contribution >= 4 is 0 Å². The molecule has 16 heavy (non-hydrogen) atoms. The predicted molar refractivity (Wildman–Crippen MR) is 61.9 cm³/mol. The Morgan fingerprint density at radius 1 is 1.50 bits per heavy atom. The molecule has 1 aliphatic heterocycles. The molecule has 4 nitrogen and oxygen atoms in total. The van der Waals surface area contributed by atoms with Crippen molar-refractivity contribution in [3.63, 3.8) is 0 Å². The molecule has 2 unspecified atom stereocenters. The molecule has 4 heteroatoms. The summed E-state index contributed by atoms with van der Waals surface area (Å²) in [5.41, 5.74) is 7.11. The van der Waals surface area contributed by atoms with E-state index in [1.165, 1.54) is 12.8 Å². The second kappa shape index (κ2) is 5.37. The van der Waals surface area contributed by atoms with E-state index in [1.54, 1.807) is 0 Å². The zero-order valence-corrected chi connectivity index (χ0v) is 9.72. The number of hydrogen-bond donors (Lipinski definition) is 1. The third-order valence-corrected chi connectivity index (χ3v) is 2.96. The van der Waals surface area contributed by atoms with Gasteiger partial charge in [0.1, 0.15) is 5.82 Å². The molecule has 2 rings (SSSR count). The highest BCUT2D eigenvalue weighted by molar-refractivity contribution is 5.04. The lowest BCUT2D eigenvalue weighted by atomic mass is 10.1. The van der Waals surface area contributed by atoms with E-state index in [2.05, 4.69) is 9.97 Å². The summed E-state index contributed by atoms with van der Waals surface area (Å²) in [5, 5.41) is 0. The number of ether oxygens (including phenoxy) is 1. The van der Waals surface area contributed by atoms with E-state index in [1.807, 2.05) is 19.3 Å². The molecule has 2 atom stereocenters. The van der Waals surface area contributed by atoms with Crippen LogP contribution in [-0.4, -0.2) is 22.7 Å². The summed E-state index contributed by atoms with van der Waals surface area (Å²) in [6.07, 6.45) is 8.29. The third kappa shape index (κ3) is 3.00. The summed E-state index contributed by atoms with van der Waals surface area (Å²) in [6.45, 7) is 2.88. The molecule has 0 amide bonds.